The third-order valence-corrected chi connectivity index (χ3v) is 14.1. The molecule has 0 fully saturated rings. The third-order valence-electron chi connectivity index (χ3n) is 14.1. The first-order valence-electron chi connectivity index (χ1n) is 33.7. The van der Waals surface area contributed by atoms with Crippen LogP contribution in [0.2, 0.25) is 0 Å². The van der Waals surface area contributed by atoms with Gasteiger partial charge in [-0.2, -0.15) is 0 Å². The van der Waals surface area contributed by atoms with Gasteiger partial charge in [0.1, 0.15) is 13.2 Å². The molecule has 0 heterocycles. The van der Waals surface area contributed by atoms with Crippen LogP contribution >= 0.6 is 0 Å². The predicted octanol–water partition coefficient (Wildman–Crippen LogP) is 23.3. The van der Waals surface area contributed by atoms with Gasteiger partial charge in [0.2, 0.25) is 0 Å². The molecule has 0 aromatic carbocycles. The van der Waals surface area contributed by atoms with Crippen molar-refractivity contribution in [2.24, 2.45) is 0 Å². The van der Waals surface area contributed by atoms with Crippen molar-refractivity contribution >= 4 is 17.9 Å². The van der Waals surface area contributed by atoms with Crippen molar-refractivity contribution in [1.82, 2.24) is 0 Å². The Kier molecular flexibility index (Phi) is 64.3. The molecule has 0 aliphatic rings. The first-order valence-corrected chi connectivity index (χ1v) is 33.7. The number of allylic oxidation sites excluding steroid dienone is 22. The van der Waals surface area contributed by atoms with Gasteiger partial charge in [0, 0.05) is 19.3 Å². The molecule has 81 heavy (non-hydrogen) atoms. The van der Waals surface area contributed by atoms with Gasteiger partial charge in [0.15, 0.2) is 6.10 Å². The molecular formula is C75H124O6. The summed E-state index contributed by atoms with van der Waals surface area (Å²) in [6, 6.07) is 0. The molecular weight excluding hydrogens is 997 g/mol. The summed E-state index contributed by atoms with van der Waals surface area (Å²) in [4.78, 5) is 38.4. The summed E-state index contributed by atoms with van der Waals surface area (Å²) in [5.74, 6) is -0.918. The van der Waals surface area contributed by atoms with Gasteiger partial charge in [-0.05, 0) is 135 Å². The van der Waals surface area contributed by atoms with E-state index in [4.69, 9.17) is 14.2 Å². The molecule has 0 spiro atoms. The fourth-order valence-electron chi connectivity index (χ4n) is 9.08. The second-order valence-electron chi connectivity index (χ2n) is 22.0. The Balaban J connectivity index is 4.37. The fraction of sp³-hybridized carbons (Fsp3) is 0.667. The van der Waals surface area contributed by atoms with Crippen LogP contribution in [-0.4, -0.2) is 37.2 Å². The van der Waals surface area contributed by atoms with Crippen LogP contribution in [0.1, 0.15) is 303 Å². The lowest BCUT2D eigenvalue weighted by atomic mass is 10.1. The summed E-state index contributed by atoms with van der Waals surface area (Å²) in [5.41, 5.74) is 0. The number of carbonyl (C=O) groups excluding carboxylic acids is 3. The van der Waals surface area contributed by atoms with Gasteiger partial charge in [0.05, 0.1) is 0 Å². The maximum atomic E-state index is 12.9. The molecule has 0 saturated carbocycles. The Morgan fingerprint density at radius 1 is 0.259 bits per heavy atom. The molecule has 0 aliphatic heterocycles. The highest BCUT2D eigenvalue weighted by atomic mass is 16.6. The highest BCUT2D eigenvalue weighted by Crippen LogP contribution is 2.15. The van der Waals surface area contributed by atoms with Gasteiger partial charge in [-0.15, -0.1) is 0 Å². The summed E-state index contributed by atoms with van der Waals surface area (Å²) in [7, 11) is 0. The number of hydrogen-bond donors (Lipinski definition) is 0. The van der Waals surface area contributed by atoms with E-state index in [2.05, 4.69) is 154 Å². The van der Waals surface area contributed by atoms with Crippen LogP contribution in [0, 0.1) is 0 Å². The monoisotopic (exact) mass is 1120 g/mol. The van der Waals surface area contributed by atoms with Crippen molar-refractivity contribution in [2.45, 2.75) is 309 Å². The average Bonchev–Trinajstić information content (AvgIpc) is 3.46. The van der Waals surface area contributed by atoms with Crippen molar-refractivity contribution in [3.63, 3.8) is 0 Å². The van der Waals surface area contributed by atoms with Crippen molar-refractivity contribution in [2.75, 3.05) is 13.2 Å². The van der Waals surface area contributed by atoms with Gasteiger partial charge in [-0.3, -0.25) is 14.4 Å². The Morgan fingerprint density at radius 2 is 0.506 bits per heavy atom. The van der Waals surface area contributed by atoms with E-state index in [1.807, 2.05) is 0 Å². The Labute approximate surface area is 500 Å². The molecule has 460 valence electrons. The molecule has 0 aromatic rings. The molecule has 0 radical (unpaired) electrons. The second kappa shape index (κ2) is 68.1. The van der Waals surface area contributed by atoms with E-state index in [0.717, 1.165) is 154 Å². The smallest absolute Gasteiger partial charge is 0.306 e. The topological polar surface area (TPSA) is 78.9 Å². The molecule has 1 atom stereocenters. The molecule has 0 rings (SSSR count). The molecule has 0 bridgehead atoms. The SMILES string of the molecule is CC/C=C\C/C=C\C/C=C\C/C=C\C/C=C\C/C=C\CCCCCCCCCCC(=O)OCC(COC(=O)CCCCCCC/C=C\C/C=C\CCC)OC(=O)CCCCCCCCCC/C=C\C/C=C\C/C=C\CCCCCCC. The van der Waals surface area contributed by atoms with E-state index in [0.29, 0.717) is 19.3 Å². The van der Waals surface area contributed by atoms with Gasteiger partial charge in [-0.25, -0.2) is 0 Å². The maximum absolute atomic E-state index is 12.9. The Morgan fingerprint density at radius 3 is 0.802 bits per heavy atom. The minimum absolute atomic E-state index is 0.0933. The summed E-state index contributed by atoms with van der Waals surface area (Å²) in [6.07, 6.45) is 96.0. The van der Waals surface area contributed by atoms with E-state index in [1.54, 1.807) is 0 Å². The highest BCUT2D eigenvalue weighted by molar-refractivity contribution is 5.71. The highest BCUT2D eigenvalue weighted by Gasteiger charge is 2.19. The number of carbonyl (C=O) groups is 3. The molecule has 0 N–H and O–H groups in total. The summed E-state index contributed by atoms with van der Waals surface area (Å²) in [6.45, 7) is 6.44. The minimum Gasteiger partial charge on any atom is -0.462 e. The standard InChI is InChI=1S/C75H124O6/c1-4-7-10-13-16-19-22-25-27-29-31-33-35-36-37-38-40-41-43-45-47-50-53-56-59-62-65-68-74(77)80-71-72(70-79-73(76)67-64-61-58-55-52-49-24-21-18-15-12-9-6-3)81-75(78)69-66-63-60-57-54-51-48-46-44-42-39-34-32-30-28-26-23-20-17-14-11-8-5-2/h7,10,12,15-16,19,21,23-27,30-33,36-37,39-42,72H,4-6,8-9,11,13-14,17-18,20,22,28-29,34-35,38,43-71H2,1-3H3/b10-7-,15-12-,19-16-,24-21-,26-23-,27-25-,32-30-,33-31-,37-36-,41-40-,42-39-. The molecule has 0 saturated heterocycles. The molecule has 0 aromatic heterocycles. The van der Waals surface area contributed by atoms with Crippen molar-refractivity contribution in [3.8, 4) is 0 Å². The van der Waals surface area contributed by atoms with Crippen LogP contribution in [0.3, 0.4) is 0 Å². The zero-order valence-electron chi connectivity index (χ0n) is 52.8. The van der Waals surface area contributed by atoms with Gasteiger partial charge < -0.3 is 14.2 Å². The van der Waals surface area contributed by atoms with E-state index in [9.17, 15) is 14.4 Å². The number of ether oxygens (including phenoxy) is 3. The quantitative estimate of drug-likeness (QED) is 0.0261. The summed E-state index contributed by atoms with van der Waals surface area (Å²) >= 11 is 0. The van der Waals surface area contributed by atoms with Crippen LogP contribution in [0.5, 0.6) is 0 Å². The zero-order valence-corrected chi connectivity index (χ0v) is 52.8. The lowest BCUT2D eigenvalue weighted by Gasteiger charge is -2.18. The average molecular weight is 1120 g/mol. The fourth-order valence-corrected chi connectivity index (χ4v) is 9.08. The maximum Gasteiger partial charge on any atom is 0.306 e. The molecule has 6 nitrogen and oxygen atoms in total. The van der Waals surface area contributed by atoms with Crippen LogP contribution in [0.25, 0.3) is 0 Å². The number of unbranched alkanes of at least 4 members (excludes halogenated alkanes) is 27. The Hall–Kier alpha value is -4.45. The van der Waals surface area contributed by atoms with Gasteiger partial charge in [0.25, 0.3) is 0 Å². The minimum atomic E-state index is -0.798. The lowest BCUT2D eigenvalue weighted by Crippen LogP contribution is -2.30. The number of esters is 3. The van der Waals surface area contributed by atoms with Crippen molar-refractivity contribution in [3.05, 3.63) is 134 Å². The normalized spacial score (nSPS) is 13.0. The van der Waals surface area contributed by atoms with Crippen LogP contribution in [0.4, 0.5) is 0 Å². The third kappa shape index (κ3) is 66.2. The first kappa shape index (κ1) is 76.5. The molecule has 0 amide bonds. The van der Waals surface area contributed by atoms with E-state index in [1.165, 1.54) is 109 Å². The van der Waals surface area contributed by atoms with Crippen molar-refractivity contribution in [1.29, 1.82) is 0 Å². The second-order valence-corrected chi connectivity index (χ2v) is 22.0. The summed E-state index contributed by atoms with van der Waals surface area (Å²) in [5, 5.41) is 0. The molecule has 0 aliphatic carbocycles. The Bertz CT molecular complexity index is 1720. The van der Waals surface area contributed by atoms with Crippen molar-refractivity contribution < 1.29 is 28.6 Å². The van der Waals surface area contributed by atoms with E-state index >= 15 is 0 Å². The predicted molar refractivity (Wildman–Crippen MR) is 353 cm³/mol. The lowest BCUT2D eigenvalue weighted by molar-refractivity contribution is -0.167. The molecule has 1 unspecified atom stereocenters. The van der Waals surface area contributed by atoms with Crippen LogP contribution in [0.15, 0.2) is 134 Å². The largest absolute Gasteiger partial charge is 0.462 e. The zero-order chi connectivity index (χ0) is 58.5. The molecule has 6 heteroatoms. The summed E-state index contributed by atoms with van der Waals surface area (Å²) < 4.78 is 16.9. The van der Waals surface area contributed by atoms with E-state index in [-0.39, 0.29) is 31.1 Å². The van der Waals surface area contributed by atoms with Gasteiger partial charge in [-0.1, -0.05) is 283 Å². The van der Waals surface area contributed by atoms with Crippen LogP contribution in [-0.2, 0) is 28.6 Å². The van der Waals surface area contributed by atoms with E-state index < -0.39 is 6.10 Å². The van der Waals surface area contributed by atoms with Gasteiger partial charge >= 0.3 is 17.9 Å². The number of rotatable bonds is 60. The van der Waals surface area contributed by atoms with Crippen LogP contribution < -0.4 is 0 Å². The first-order chi connectivity index (χ1) is 40.0. The number of hydrogen-bond acceptors (Lipinski definition) is 6.